The van der Waals surface area contributed by atoms with Gasteiger partial charge in [0.1, 0.15) is 11.5 Å². The average molecular weight is 437 g/mol. The Bertz CT molecular complexity index is 1090. The van der Waals surface area contributed by atoms with Gasteiger partial charge in [0, 0.05) is 17.3 Å². The summed E-state index contributed by atoms with van der Waals surface area (Å²) in [5, 5.41) is 35.1. The summed E-state index contributed by atoms with van der Waals surface area (Å²) >= 11 is 0. The molecule has 2 aromatic rings. The van der Waals surface area contributed by atoms with Gasteiger partial charge in [0.15, 0.2) is 0 Å². The molecule has 0 aliphatic heterocycles. The van der Waals surface area contributed by atoms with Crippen molar-refractivity contribution in [2.45, 2.75) is 19.8 Å². The lowest BCUT2D eigenvalue weighted by Crippen LogP contribution is -2.34. The molecule has 2 aromatic carbocycles. The number of hydrogen-bond acceptors (Lipinski definition) is 6. The molecule has 2 atom stereocenters. The van der Waals surface area contributed by atoms with Crippen LogP contribution in [0.1, 0.15) is 35.7 Å². The van der Waals surface area contributed by atoms with Gasteiger partial charge in [0.2, 0.25) is 5.91 Å². The molecule has 1 aliphatic rings. The number of aromatic hydroxyl groups is 2. The van der Waals surface area contributed by atoms with Gasteiger partial charge in [0.05, 0.1) is 17.5 Å². The summed E-state index contributed by atoms with van der Waals surface area (Å²) in [6.45, 7) is 1.66. The summed E-state index contributed by atoms with van der Waals surface area (Å²) in [4.78, 5) is 36.3. The minimum Gasteiger partial charge on any atom is -0.508 e. The normalized spacial score (nSPS) is 18.1. The summed E-state index contributed by atoms with van der Waals surface area (Å²) in [5.41, 5.74) is 3.93. The van der Waals surface area contributed by atoms with Gasteiger partial charge in [-0.15, -0.1) is 0 Å². The Balaban J connectivity index is 1.69. The highest BCUT2D eigenvalue weighted by atomic mass is 16.4. The fourth-order valence-electron chi connectivity index (χ4n) is 3.42. The number of carbonyl (C=O) groups is 3. The Morgan fingerprint density at radius 1 is 0.938 bits per heavy atom. The Hall–Kier alpha value is -4.14. The van der Waals surface area contributed by atoms with Crippen molar-refractivity contribution in [2.75, 3.05) is 5.32 Å². The standard InChI is InChI=1S/C23H23N3O6/c1-13(25-26-21(29)15-10-17(27)12-18(28)11-15)14-5-4-6-16(9-14)24-22(30)19-7-2-3-8-20(19)23(31)32/h2-6,9-12,19-20,27-28H,7-8H2,1H3,(H,24,30)(H,26,29)(H,31,32). The first-order valence-corrected chi connectivity index (χ1v) is 9.91. The molecular formula is C23H23N3O6. The predicted octanol–water partition coefficient (Wildman–Crippen LogP) is 2.86. The maximum Gasteiger partial charge on any atom is 0.307 e. The summed E-state index contributed by atoms with van der Waals surface area (Å²) in [6.07, 6.45) is 4.26. The van der Waals surface area contributed by atoms with Crippen LogP contribution in [0, 0.1) is 11.8 Å². The van der Waals surface area contributed by atoms with Crippen molar-refractivity contribution in [1.82, 2.24) is 5.43 Å². The number of carboxylic acids is 1. The SMILES string of the molecule is CC(=NNC(=O)c1cc(O)cc(O)c1)c1cccc(NC(=O)C2CC=CCC2C(=O)O)c1. The predicted molar refractivity (Wildman–Crippen MR) is 118 cm³/mol. The van der Waals surface area contributed by atoms with Crippen LogP contribution in [0.15, 0.2) is 59.7 Å². The monoisotopic (exact) mass is 437 g/mol. The molecule has 0 bridgehead atoms. The highest BCUT2D eigenvalue weighted by Crippen LogP contribution is 2.27. The molecular weight excluding hydrogens is 414 g/mol. The number of amides is 2. The van der Waals surface area contributed by atoms with Crippen LogP contribution in [0.2, 0.25) is 0 Å². The van der Waals surface area contributed by atoms with E-state index in [0.29, 0.717) is 29.8 Å². The first kappa shape index (κ1) is 22.5. The molecule has 5 N–H and O–H groups in total. The van der Waals surface area contributed by atoms with E-state index in [2.05, 4.69) is 15.8 Å². The fraction of sp³-hybridized carbons (Fsp3) is 0.217. The van der Waals surface area contributed by atoms with Crippen LogP contribution < -0.4 is 10.7 Å². The zero-order valence-electron chi connectivity index (χ0n) is 17.3. The lowest BCUT2D eigenvalue weighted by Gasteiger charge is -2.24. The minimum absolute atomic E-state index is 0.0366. The largest absolute Gasteiger partial charge is 0.508 e. The number of nitrogens with one attached hydrogen (secondary N) is 2. The number of aliphatic carboxylic acids is 1. The maximum atomic E-state index is 12.7. The van der Waals surface area contributed by atoms with Crippen molar-refractivity contribution < 1.29 is 29.7 Å². The van der Waals surface area contributed by atoms with E-state index >= 15 is 0 Å². The second-order valence-electron chi connectivity index (χ2n) is 7.44. The third-order valence-electron chi connectivity index (χ3n) is 5.12. The Morgan fingerprint density at radius 2 is 1.59 bits per heavy atom. The van der Waals surface area contributed by atoms with Gasteiger partial charge >= 0.3 is 5.97 Å². The zero-order valence-corrected chi connectivity index (χ0v) is 17.3. The topological polar surface area (TPSA) is 148 Å². The van der Waals surface area contributed by atoms with E-state index in [-0.39, 0.29) is 23.0 Å². The second-order valence-corrected chi connectivity index (χ2v) is 7.44. The number of anilines is 1. The molecule has 0 saturated heterocycles. The lowest BCUT2D eigenvalue weighted by atomic mass is 9.82. The van der Waals surface area contributed by atoms with Crippen LogP contribution in [-0.4, -0.2) is 38.8 Å². The number of benzene rings is 2. The molecule has 0 radical (unpaired) electrons. The summed E-state index contributed by atoms with van der Waals surface area (Å²) in [6, 6.07) is 10.3. The average Bonchev–Trinajstić information content (AvgIpc) is 2.76. The molecule has 0 saturated carbocycles. The number of phenolic OH excluding ortho intramolecular Hbond substituents is 2. The Morgan fingerprint density at radius 3 is 2.25 bits per heavy atom. The maximum absolute atomic E-state index is 12.7. The Labute approximate surface area is 184 Å². The van der Waals surface area contributed by atoms with E-state index in [1.807, 2.05) is 6.08 Å². The van der Waals surface area contributed by atoms with E-state index in [9.17, 15) is 29.7 Å². The quantitative estimate of drug-likeness (QED) is 0.267. The van der Waals surface area contributed by atoms with E-state index in [4.69, 9.17) is 0 Å². The van der Waals surface area contributed by atoms with Crippen molar-refractivity contribution in [3.8, 4) is 11.5 Å². The summed E-state index contributed by atoms with van der Waals surface area (Å²) in [7, 11) is 0. The first-order valence-electron chi connectivity index (χ1n) is 9.91. The van der Waals surface area contributed by atoms with Gasteiger partial charge in [-0.2, -0.15) is 5.10 Å². The summed E-state index contributed by atoms with van der Waals surface area (Å²) in [5.74, 6) is -3.92. The molecule has 0 heterocycles. The smallest absolute Gasteiger partial charge is 0.307 e. The van der Waals surface area contributed by atoms with Crippen molar-refractivity contribution in [3.63, 3.8) is 0 Å². The van der Waals surface area contributed by atoms with E-state index in [1.54, 1.807) is 37.3 Å². The van der Waals surface area contributed by atoms with Gasteiger partial charge in [0.25, 0.3) is 5.91 Å². The number of allylic oxidation sites excluding steroid dienone is 2. The molecule has 0 fully saturated rings. The van der Waals surface area contributed by atoms with Crippen molar-refractivity contribution in [3.05, 3.63) is 65.7 Å². The van der Waals surface area contributed by atoms with Crippen LogP contribution in [0.3, 0.4) is 0 Å². The molecule has 9 heteroatoms. The molecule has 9 nitrogen and oxygen atoms in total. The van der Waals surface area contributed by atoms with Gasteiger partial charge in [-0.3, -0.25) is 14.4 Å². The third kappa shape index (κ3) is 5.51. The first-order chi connectivity index (χ1) is 15.2. The zero-order chi connectivity index (χ0) is 23.3. The van der Waals surface area contributed by atoms with Crippen molar-refractivity contribution in [1.29, 1.82) is 0 Å². The van der Waals surface area contributed by atoms with Gasteiger partial charge in [-0.1, -0.05) is 24.3 Å². The fourth-order valence-corrected chi connectivity index (χ4v) is 3.42. The van der Waals surface area contributed by atoms with Gasteiger partial charge in [-0.05, 0) is 49.6 Å². The second kappa shape index (κ2) is 9.78. The van der Waals surface area contributed by atoms with Crippen LogP contribution >= 0.6 is 0 Å². The van der Waals surface area contributed by atoms with Crippen LogP contribution in [-0.2, 0) is 9.59 Å². The number of phenols is 2. The lowest BCUT2D eigenvalue weighted by molar-refractivity contribution is -0.146. The molecule has 0 aromatic heterocycles. The highest BCUT2D eigenvalue weighted by Gasteiger charge is 2.33. The molecule has 2 unspecified atom stereocenters. The molecule has 0 spiro atoms. The van der Waals surface area contributed by atoms with E-state index in [1.165, 1.54) is 12.1 Å². The molecule has 2 amide bonds. The number of carboxylic acid groups (broad SMARTS) is 1. The van der Waals surface area contributed by atoms with E-state index < -0.39 is 23.7 Å². The number of hydrogen-bond donors (Lipinski definition) is 5. The van der Waals surface area contributed by atoms with Crippen LogP contribution in [0.4, 0.5) is 5.69 Å². The van der Waals surface area contributed by atoms with Crippen molar-refractivity contribution >= 4 is 29.2 Å². The summed E-state index contributed by atoms with van der Waals surface area (Å²) < 4.78 is 0. The number of hydrazone groups is 1. The molecule has 166 valence electrons. The Kier molecular flexibility index (Phi) is 6.89. The molecule has 1 aliphatic carbocycles. The minimum atomic E-state index is -0.998. The van der Waals surface area contributed by atoms with E-state index in [0.717, 1.165) is 6.07 Å². The van der Waals surface area contributed by atoms with Crippen molar-refractivity contribution in [2.24, 2.45) is 16.9 Å². The van der Waals surface area contributed by atoms with Gasteiger partial charge < -0.3 is 20.6 Å². The van der Waals surface area contributed by atoms with Gasteiger partial charge in [-0.25, -0.2) is 5.43 Å². The number of rotatable bonds is 6. The van der Waals surface area contributed by atoms with Crippen LogP contribution in [0.5, 0.6) is 11.5 Å². The third-order valence-corrected chi connectivity index (χ3v) is 5.12. The number of nitrogens with zero attached hydrogens (tertiary/aromatic N) is 1. The highest BCUT2D eigenvalue weighted by molar-refractivity contribution is 6.02. The molecule has 3 rings (SSSR count). The van der Waals surface area contributed by atoms with Crippen LogP contribution in [0.25, 0.3) is 0 Å². The molecule has 32 heavy (non-hydrogen) atoms. The number of carbonyl (C=O) groups excluding carboxylic acids is 2.